The molecular formula is C9H16N2O5. The lowest BCUT2D eigenvalue weighted by Crippen LogP contribution is -2.43. The number of nitrogens with one attached hydrogen (secondary N) is 1. The molecule has 0 aromatic rings. The molecule has 0 radical (unpaired) electrons. The van der Waals surface area contributed by atoms with Gasteiger partial charge < -0.3 is 20.9 Å². The lowest BCUT2D eigenvalue weighted by Gasteiger charge is -2.12. The largest absolute Gasteiger partial charge is 0.480 e. The average molecular weight is 232 g/mol. The van der Waals surface area contributed by atoms with Gasteiger partial charge in [0, 0.05) is 13.0 Å². The highest BCUT2D eigenvalue weighted by Gasteiger charge is 2.21. The predicted molar refractivity (Wildman–Crippen MR) is 54.5 cm³/mol. The van der Waals surface area contributed by atoms with Crippen molar-refractivity contribution < 1.29 is 24.2 Å². The van der Waals surface area contributed by atoms with Gasteiger partial charge in [0.2, 0.25) is 11.8 Å². The molecule has 0 spiro atoms. The molecule has 0 bridgehead atoms. The van der Waals surface area contributed by atoms with Crippen molar-refractivity contribution in [2.24, 2.45) is 5.73 Å². The van der Waals surface area contributed by atoms with Crippen LogP contribution in [0, 0.1) is 0 Å². The number of hydrogen-bond donors (Lipinski definition) is 3. The molecule has 0 fully saturated rings. The van der Waals surface area contributed by atoms with Crippen LogP contribution in [0.25, 0.3) is 0 Å². The summed E-state index contributed by atoms with van der Waals surface area (Å²) < 4.78 is 4.93. The molecule has 0 aromatic carbocycles. The zero-order valence-electron chi connectivity index (χ0n) is 9.06. The maximum atomic E-state index is 11.2. The quantitative estimate of drug-likeness (QED) is 0.457. The van der Waals surface area contributed by atoms with Crippen LogP contribution in [0.4, 0.5) is 0 Å². The number of primary amides is 1. The van der Waals surface area contributed by atoms with E-state index in [2.05, 4.69) is 5.32 Å². The van der Waals surface area contributed by atoms with Gasteiger partial charge in [-0.2, -0.15) is 0 Å². The Hall–Kier alpha value is -1.63. The Balaban J connectivity index is 4.03. The van der Waals surface area contributed by atoms with Crippen molar-refractivity contribution in [1.29, 1.82) is 0 Å². The van der Waals surface area contributed by atoms with Crippen LogP contribution in [-0.4, -0.2) is 42.1 Å². The second-order valence-corrected chi connectivity index (χ2v) is 3.08. The van der Waals surface area contributed by atoms with E-state index in [1.165, 1.54) is 0 Å². The van der Waals surface area contributed by atoms with E-state index < -0.39 is 30.2 Å². The summed E-state index contributed by atoms with van der Waals surface area (Å²) in [5.74, 6) is -2.55. The summed E-state index contributed by atoms with van der Waals surface area (Å²) in [7, 11) is 0. The molecule has 4 N–H and O–H groups in total. The molecule has 0 aliphatic heterocycles. The highest BCUT2D eigenvalue weighted by atomic mass is 16.5. The predicted octanol–water partition coefficient (Wildman–Crippen LogP) is -1.14. The maximum absolute atomic E-state index is 11.2. The van der Waals surface area contributed by atoms with E-state index in [1.54, 1.807) is 6.92 Å². The summed E-state index contributed by atoms with van der Waals surface area (Å²) >= 11 is 0. The topological polar surface area (TPSA) is 119 Å². The Morgan fingerprint density at radius 2 is 2.06 bits per heavy atom. The van der Waals surface area contributed by atoms with Gasteiger partial charge in [0.25, 0.3) is 0 Å². The molecule has 7 heteroatoms. The molecule has 16 heavy (non-hydrogen) atoms. The molecule has 7 nitrogen and oxygen atoms in total. The van der Waals surface area contributed by atoms with Crippen LogP contribution < -0.4 is 11.1 Å². The van der Waals surface area contributed by atoms with Crippen LogP contribution in [0.1, 0.15) is 19.8 Å². The number of rotatable bonds is 8. The second-order valence-electron chi connectivity index (χ2n) is 3.08. The molecule has 0 saturated carbocycles. The van der Waals surface area contributed by atoms with E-state index in [-0.39, 0.29) is 13.0 Å². The number of aliphatic carboxylic acids is 1. The van der Waals surface area contributed by atoms with Gasteiger partial charge in [-0.1, -0.05) is 0 Å². The van der Waals surface area contributed by atoms with Gasteiger partial charge in [-0.15, -0.1) is 0 Å². The van der Waals surface area contributed by atoms with Crippen molar-refractivity contribution in [3.8, 4) is 0 Å². The van der Waals surface area contributed by atoms with Crippen molar-refractivity contribution in [1.82, 2.24) is 5.32 Å². The maximum Gasteiger partial charge on any atom is 0.326 e. The molecule has 92 valence electrons. The highest BCUT2D eigenvalue weighted by Crippen LogP contribution is 1.93. The Morgan fingerprint density at radius 1 is 1.44 bits per heavy atom. The average Bonchev–Trinajstić information content (AvgIpc) is 2.16. The van der Waals surface area contributed by atoms with Crippen LogP contribution in [-0.2, 0) is 19.1 Å². The third kappa shape index (κ3) is 6.77. The summed E-state index contributed by atoms with van der Waals surface area (Å²) in [5.41, 5.74) is 4.85. The zero-order valence-corrected chi connectivity index (χ0v) is 9.06. The monoisotopic (exact) mass is 232 g/mol. The number of carboxylic acids is 1. The second kappa shape index (κ2) is 7.63. The van der Waals surface area contributed by atoms with E-state index in [0.29, 0.717) is 6.61 Å². The van der Waals surface area contributed by atoms with Crippen molar-refractivity contribution in [2.75, 3.05) is 13.2 Å². The third-order valence-corrected chi connectivity index (χ3v) is 1.72. The van der Waals surface area contributed by atoms with Crippen LogP contribution in [0.5, 0.6) is 0 Å². The third-order valence-electron chi connectivity index (χ3n) is 1.72. The van der Waals surface area contributed by atoms with Gasteiger partial charge in [-0.05, 0) is 6.92 Å². The van der Waals surface area contributed by atoms with Crippen molar-refractivity contribution in [3.63, 3.8) is 0 Å². The SMILES string of the molecule is CCOCCC(=O)N[C@H](CC(N)=O)C(=O)O. The lowest BCUT2D eigenvalue weighted by molar-refractivity contribution is -0.143. The van der Waals surface area contributed by atoms with Gasteiger partial charge in [0.1, 0.15) is 6.04 Å². The number of carbonyl (C=O) groups excluding carboxylic acids is 2. The Morgan fingerprint density at radius 3 is 2.50 bits per heavy atom. The first kappa shape index (κ1) is 14.4. The minimum absolute atomic E-state index is 0.0520. The summed E-state index contributed by atoms with van der Waals surface area (Å²) in [6.45, 7) is 2.48. The first-order chi connectivity index (χ1) is 7.47. The molecular weight excluding hydrogens is 216 g/mol. The van der Waals surface area contributed by atoms with E-state index >= 15 is 0 Å². The van der Waals surface area contributed by atoms with Crippen LogP contribution in [0.15, 0.2) is 0 Å². The fraction of sp³-hybridized carbons (Fsp3) is 0.667. The number of amides is 2. The normalized spacial score (nSPS) is 11.8. The number of hydrogen-bond acceptors (Lipinski definition) is 4. The molecule has 0 aliphatic rings. The molecule has 0 heterocycles. The molecule has 2 amide bonds. The van der Waals surface area contributed by atoms with E-state index in [0.717, 1.165) is 0 Å². The first-order valence-electron chi connectivity index (χ1n) is 4.85. The van der Waals surface area contributed by atoms with Crippen LogP contribution in [0.3, 0.4) is 0 Å². The highest BCUT2D eigenvalue weighted by molar-refractivity contribution is 5.88. The smallest absolute Gasteiger partial charge is 0.326 e. The Bertz CT molecular complexity index is 267. The fourth-order valence-electron chi connectivity index (χ4n) is 0.977. The summed E-state index contributed by atoms with van der Waals surface area (Å²) in [4.78, 5) is 32.4. The van der Waals surface area contributed by atoms with Gasteiger partial charge >= 0.3 is 5.97 Å². The van der Waals surface area contributed by atoms with Crippen LogP contribution >= 0.6 is 0 Å². The van der Waals surface area contributed by atoms with E-state index in [4.69, 9.17) is 15.6 Å². The van der Waals surface area contributed by atoms with Gasteiger partial charge in [-0.25, -0.2) is 4.79 Å². The van der Waals surface area contributed by atoms with Gasteiger partial charge in [0.15, 0.2) is 0 Å². The summed E-state index contributed by atoms with van der Waals surface area (Å²) in [6.07, 6.45) is -0.369. The zero-order chi connectivity index (χ0) is 12.6. The number of ether oxygens (including phenoxy) is 1. The minimum atomic E-state index is -1.29. The van der Waals surface area contributed by atoms with Gasteiger partial charge in [-0.3, -0.25) is 9.59 Å². The van der Waals surface area contributed by atoms with Crippen molar-refractivity contribution >= 4 is 17.8 Å². The van der Waals surface area contributed by atoms with E-state index in [9.17, 15) is 14.4 Å². The molecule has 0 unspecified atom stereocenters. The molecule has 0 aliphatic carbocycles. The standard InChI is InChI=1S/C9H16N2O5/c1-2-16-4-3-8(13)11-6(9(14)15)5-7(10)12/h6H,2-5H2,1H3,(H2,10,12)(H,11,13)(H,14,15)/t6-/m1/s1. The molecule has 0 saturated heterocycles. The summed E-state index contributed by atoms with van der Waals surface area (Å²) in [5, 5.41) is 10.9. The molecule has 1 atom stereocenters. The lowest BCUT2D eigenvalue weighted by atomic mass is 10.2. The number of carbonyl (C=O) groups is 3. The Kier molecular flexibility index (Phi) is 6.86. The Labute approximate surface area is 92.9 Å². The number of nitrogens with two attached hydrogens (primary N) is 1. The molecule has 0 rings (SSSR count). The van der Waals surface area contributed by atoms with E-state index in [1.807, 2.05) is 0 Å². The minimum Gasteiger partial charge on any atom is -0.480 e. The summed E-state index contributed by atoms with van der Waals surface area (Å²) in [6, 6.07) is -1.27. The number of carboxylic acid groups (broad SMARTS) is 1. The van der Waals surface area contributed by atoms with Crippen molar-refractivity contribution in [3.05, 3.63) is 0 Å². The molecule has 0 aromatic heterocycles. The van der Waals surface area contributed by atoms with Gasteiger partial charge in [0.05, 0.1) is 13.0 Å². The first-order valence-corrected chi connectivity index (χ1v) is 4.85. The fourth-order valence-corrected chi connectivity index (χ4v) is 0.977. The van der Waals surface area contributed by atoms with Crippen LogP contribution in [0.2, 0.25) is 0 Å². The van der Waals surface area contributed by atoms with Crippen molar-refractivity contribution in [2.45, 2.75) is 25.8 Å².